The van der Waals surface area contributed by atoms with E-state index in [1.807, 2.05) is 12.1 Å². The summed E-state index contributed by atoms with van der Waals surface area (Å²) in [6.45, 7) is 1.55. The SMILES string of the molecule is Fc1ccc(C2CCC(CCC3CCC(CCC4OCCO4)CC3)CC2)cc1Cl. The van der Waals surface area contributed by atoms with Gasteiger partial charge in [0.1, 0.15) is 5.82 Å². The minimum absolute atomic E-state index is 0.0776. The maximum absolute atomic E-state index is 13.4. The average molecular weight is 423 g/mol. The molecule has 3 fully saturated rings. The fourth-order valence-electron chi connectivity index (χ4n) is 5.78. The average Bonchev–Trinajstić information content (AvgIpc) is 3.28. The van der Waals surface area contributed by atoms with Gasteiger partial charge in [0.25, 0.3) is 0 Å². The van der Waals surface area contributed by atoms with Crippen molar-refractivity contribution in [3.8, 4) is 0 Å². The first-order chi connectivity index (χ1) is 14.2. The first-order valence-corrected chi connectivity index (χ1v) is 12.2. The highest BCUT2D eigenvalue weighted by molar-refractivity contribution is 6.30. The Morgan fingerprint density at radius 2 is 1.28 bits per heavy atom. The molecule has 0 N–H and O–H groups in total. The maximum atomic E-state index is 13.4. The van der Waals surface area contributed by atoms with E-state index in [1.165, 1.54) is 82.3 Å². The summed E-state index contributed by atoms with van der Waals surface area (Å²) in [5.41, 5.74) is 1.22. The van der Waals surface area contributed by atoms with Crippen molar-refractivity contribution in [2.45, 2.75) is 89.3 Å². The summed E-state index contributed by atoms with van der Waals surface area (Å²) < 4.78 is 24.5. The zero-order valence-electron chi connectivity index (χ0n) is 17.6. The number of rotatable bonds is 7. The second-order valence-electron chi connectivity index (χ2n) is 9.60. The Bertz CT molecular complexity index is 630. The van der Waals surface area contributed by atoms with Crippen molar-refractivity contribution in [3.05, 3.63) is 34.6 Å². The van der Waals surface area contributed by atoms with Crippen LogP contribution in [0.5, 0.6) is 0 Å². The lowest BCUT2D eigenvalue weighted by Gasteiger charge is -2.32. The molecule has 1 saturated heterocycles. The van der Waals surface area contributed by atoms with Crippen LogP contribution in [0, 0.1) is 23.6 Å². The van der Waals surface area contributed by atoms with Gasteiger partial charge in [-0.2, -0.15) is 0 Å². The monoisotopic (exact) mass is 422 g/mol. The van der Waals surface area contributed by atoms with Gasteiger partial charge in [0.05, 0.1) is 18.2 Å². The van der Waals surface area contributed by atoms with Crippen LogP contribution >= 0.6 is 11.6 Å². The number of hydrogen-bond acceptors (Lipinski definition) is 2. The van der Waals surface area contributed by atoms with Crippen LogP contribution in [0.2, 0.25) is 5.02 Å². The molecular weight excluding hydrogens is 387 g/mol. The normalized spacial score (nSPS) is 31.2. The predicted molar refractivity (Wildman–Crippen MR) is 116 cm³/mol. The number of ether oxygens (including phenoxy) is 2. The number of halogens is 2. The van der Waals surface area contributed by atoms with Crippen molar-refractivity contribution in [1.29, 1.82) is 0 Å². The van der Waals surface area contributed by atoms with Crippen LogP contribution in [0.15, 0.2) is 18.2 Å². The van der Waals surface area contributed by atoms with Crippen LogP contribution in [0.1, 0.15) is 88.5 Å². The Labute approximate surface area is 180 Å². The second kappa shape index (κ2) is 10.6. The molecule has 2 nitrogen and oxygen atoms in total. The van der Waals surface area contributed by atoms with Crippen molar-refractivity contribution < 1.29 is 13.9 Å². The van der Waals surface area contributed by atoms with Crippen molar-refractivity contribution in [3.63, 3.8) is 0 Å². The van der Waals surface area contributed by atoms with Crippen LogP contribution in [0.25, 0.3) is 0 Å². The highest BCUT2D eigenvalue weighted by Crippen LogP contribution is 2.41. The van der Waals surface area contributed by atoms with Crippen molar-refractivity contribution >= 4 is 11.6 Å². The van der Waals surface area contributed by atoms with Gasteiger partial charge >= 0.3 is 0 Å². The Kier molecular flexibility index (Phi) is 7.89. The Morgan fingerprint density at radius 3 is 1.83 bits per heavy atom. The molecule has 1 aromatic carbocycles. The topological polar surface area (TPSA) is 18.5 Å². The molecular formula is C25H36ClFO2. The van der Waals surface area contributed by atoms with Gasteiger partial charge in [-0.15, -0.1) is 0 Å². The Hall–Kier alpha value is -0.640. The summed E-state index contributed by atoms with van der Waals surface area (Å²) in [6, 6.07) is 5.29. The van der Waals surface area contributed by atoms with Gasteiger partial charge in [-0.3, -0.25) is 0 Å². The number of benzene rings is 1. The summed E-state index contributed by atoms with van der Waals surface area (Å²) in [7, 11) is 0. The van der Waals surface area contributed by atoms with Gasteiger partial charge in [0.2, 0.25) is 0 Å². The molecule has 0 amide bonds. The van der Waals surface area contributed by atoms with E-state index >= 15 is 0 Å². The lowest BCUT2D eigenvalue weighted by atomic mass is 9.74. The van der Waals surface area contributed by atoms with Crippen molar-refractivity contribution in [2.24, 2.45) is 17.8 Å². The van der Waals surface area contributed by atoms with E-state index in [2.05, 4.69) is 0 Å². The van der Waals surface area contributed by atoms with Gasteiger partial charge in [-0.1, -0.05) is 56.2 Å². The Morgan fingerprint density at radius 1 is 0.759 bits per heavy atom. The number of hydrogen-bond donors (Lipinski definition) is 0. The van der Waals surface area contributed by atoms with E-state index in [-0.39, 0.29) is 17.1 Å². The fraction of sp³-hybridized carbons (Fsp3) is 0.760. The molecule has 0 spiro atoms. The van der Waals surface area contributed by atoms with E-state index in [0.717, 1.165) is 37.4 Å². The molecule has 1 aliphatic heterocycles. The van der Waals surface area contributed by atoms with Crippen LogP contribution in [0.3, 0.4) is 0 Å². The minimum Gasteiger partial charge on any atom is -0.350 e. The molecule has 162 valence electrons. The summed E-state index contributed by atoms with van der Waals surface area (Å²) in [5, 5.41) is 0.267. The molecule has 1 aromatic rings. The van der Waals surface area contributed by atoms with Crippen molar-refractivity contribution in [2.75, 3.05) is 13.2 Å². The summed E-state index contributed by atoms with van der Waals surface area (Å²) >= 11 is 5.97. The third-order valence-corrected chi connectivity index (χ3v) is 8.00. The Balaban J connectivity index is 1.11. The van der Waals surface area contributed by atoms with E-state index < -0.39 is 0 Å². The lowest BCUT2D eigenvalue weighted by molar-refractivity contribution is -0.0512. The third kappa shape index (κ3) is 6.18. The molecule has 0 bridgehead atoms. The van der Waals surface area contributed by atoms with Crippen LogP contribution in [-0.2, 0) is 9.47 Å². The minimum atomic E-state index is -0.306. The van der Waals surface area contributed by atoms with Crippen LogP contribution in [-0.4, -0.2) is 19.5 Å². The zero-order chi connectivity index (χ0) is 20.1. The van der Waals surface area contributed by atoms with E-state index in [0.29, 0.717) is 5.92 Å². The van der Waals surface area contributed by atoms with Crippen LogP contribution in [0.4, 0.5) is 4.39 Å². The molecule has 0 aromatic heterocycles. The predicted octanol–water partition coefficient (Wildman–Crippen LogP) is 7.49. The quantitative estimate of drug-likeness (QED) is 0.453. The standard InChI is InChI=1S/C25H36ClFO2/c26-23-17-22(12-13-24(23)27)21-10-7-20(8-11-21)6-3-18-1-4-19(5-2-18)9-14-25-28-15-16-29-25/h12-13,17-21,25H,1-11,14-16H2. The highest BCUT2D eigenvalue weighted by atomic mass is 35.5. The maximum Gasteiger partial charge on any atom is 0.157 e. The first kappa shape index (κ1) is 21.6. The van der Waals surface area contributed by atoms with Gasteiger partial charge in [-0.05, 0) is 79.9 Å². The molecule has 29 heavy (non-hydrogen) atoms. The molecule has 3 aliphatic rings. The third-order valence-electron chi connectivity index (χ3n) is 7.71. The molecule has 2 saturated carbocycles. The molecule has 0 atom stereocenters. The van der Waals surface area contributed by atoms with E-state index in [9.17, 15) is 4.39 Å². The molecule has 2 aliphatic carbocycles. The van der Waals surface area contributed by atoms with Gasteiger partial charge in [0.15, 0.2) is 6.29 Å². The zero-order valence-corrected chi connectivity index (χ0v) is 18.3. The smallest absolute Gasteiger partial charge is 0.157 e. The molecule has 1 heterocycles. The lowest BCUT2D eigenvalue weighted by Crippen LogP contribution is -2.19. The fourth-order valence-corrected chi connectivity index (χ4v) is 5.97. The molecule has 4 heteroatoms. The summed E-state index contributed by atoms with van der Waals surface area (Å²) in [6.07, 6.45) is 16.0. The van der Waals surface area contributed by atoms with E-state index in [1.54, 1.807) is 0 Å². The molecule has 4 rings (SSSR count). The van der Waals surface area contributed by atoms with Gasteiger partial charge in [-0.25, -0.2) is 4.39 Å². The van der Waals surface area contributed by atoms with Crippen LogP contribution < -0.4 is 0 Å². The molecule has 0 unspecified atom stereocenters. The highest BCUT2D eigenvalue weighted by Gasteiger charge is 2.26. The molecule has 0 radical (unpaired) electrons. The van der Waals surface area contributed by atoms with Gasteiger partial charge in [0, 0.05) is 0 Å². The summed E-state index contributed by atoms with van der Waals surface area (Å²) in [5.74, 6) is 2.97. The van der Waals surface area contributed by atoms with E-state index in [4.69, 9.17) is 21.1 Å². The van der Waals surface area contributed by atoms with Gasteiger partial charge < -0.3 is 9.47 Å². The second-order valence-corrected chi connectivity index (χ2v) is 10.0. The first-order valence-electron chi connectivity index (χ1n) is 11.9. The largest absolute Gasteiger partial charge is 0.350 e. The summed E-state index contributed by atoms with van der Waals surface area (Å²) in [4.78, 5) is 0. The van der Waals surface area contributed by atoms with Crippen molar-refractivity contribution in [1.82, 2.24) is 0 Å².